The number of nitrogens with two attached hydrogens (primary N) is 1. The highest BCUT2D eigenvalue weighted by Gasteiger charge is 2.08. The molecule has 0 aliphatic heterocycles. The molecule has 4 N–H and O–H groups in total. The normalized spacial score (nSPS) is 10.2. The van der Waals surface area contributed by atoms with Crippen LogP contribution in [0.25, 0.3) is 0 Å². The monoisotopic (exact) mass is 291 g/mol. The van der Waals surface area contributed by atoms with Crippen molar-refractivity contribution in [2.75, 3.05) is 37.9 Å². The maximum atomic E-state index is 11.4. The fourth-order valence-electron chi connectivity index (χ4n) is 1.29. The van der Waals surface area contributed by atoms with E-state index < -0.39 is 0 Å². The Balaban J connectivity index is 2.51. The van der Waals surface area contributed by atoms with Crippen molar-refractivity contribution in [1.29, 1.82) is 0 Å². The molecule has 0 aromatic heterocycles. The first-order valence-electron chi connectivity index (χ1n) is 5.28. The minimum Gasteiger partial charge on any atom is -0.399 e. The minimum atomic E-state index is -0.170. The highest BCUT2D eigenvalue weighted by molar-refractivity contribution is 6.39. The van der Waals surface area contributed by atoms with Gasteiger partial charge in [-0.05, 0) is 12.1 Å². The van der Waals surface area contributed by atoms with E-state index in [0.29, 0.717) is 34.6 Å². The van der Waals surface area contributed by atoms with E-state index in [0.717, 1.165) is 0 Å². The first-order chi connectivity index (χ1) is 8.54. The Hall–Kier alpha value is -1.17. The summed E-state index contributed by atoms with van der Waals surface area (Å²) >= 11 is 11.9. The predicted octanol–water partition coefficient (Wildman–Crippen LogP) is 1.75. The lowest BCUT2D eigenvalue weighted by molar-refractivity contribution is -0.119. The number of benzene rings is 1. The number of nitrogens with one attached hydrogen (secondary N) is 2. The number of anilines is 2. The molecule has 0 fully saturated rings. The van der Waals surface area contributed by atoms with Crippen molar-refractivity contribution in [3.05, 3.63) is 22.2 Å². The van der Waals surface area contributed by atoms with Crippen LogP contribution in [-0.2, 0) is 9.53 Å². The van der Waals surface area contributed by atoms with Crippen LogP contribution in [0.5, 0.6) is 0 Å². The summed E-state index contributed by atoms with van der Waals surface area (Å²) in [6.07, 6.45) is 0. The Bertz CT molecular complexity index is 404. The van der Waals surface area contributed by atoms with E-state index in [-0.39, 0.29) is 12.5 Å². The summed E-state index contributed by atoms with van der Waals surface area (Å²) in [6.45, 7) is 1.00. The molecule has 18 heavy (non-hydrogen) atoms. The largest absolute Gasteiger partial charge is 0.399 e. The summed E-state index contributed by atoms with van der Waals surface area (Å²) in [7, 11) is 1.57. The smallest absolute Gasteiger partial charge is 0.239 e. The Labute approximate surface area is 116 Å². The molecule has 1 aromatic rings. The van der Waals surface area contributed by atoms with Gasteiger partial charge in [0.15, 0.2) is 0 Å². The molecule has 0 bridgehead atoms. The topological polar surface area (TPSA) is 76.4 Å². The van der Waals surface area contributed by atoms with Gasteiger partial charge in [0.1, 0.15) is 0 Å². The number of hydrogen-bond acceptors (Lipinski definition) is 4. The van der Waals surface area contributed by atoms with Gasteiger partial charge in [0.05, 0.1) is 28.9 Å². The third-order valence-corrected chi connectivity index (χ3v) is 2.71. The van der Waals surface area contributed by atoms with Crippen LogP contribution in [0.1, 0.15) is 0 Å². The lowest BCUT2D eigenvalue weighted by Crippen LogP contribution is -2.32. The summed E-state index contributed by atoms with van der Waals surface area (Å²) in [5.41, 5.74) is 6.54. The van der Waals surface area contributed by atoms with Crippen molar-refractivity contribution < 1.29 is 9.53 Å². The van der Waals surface area contributed by atoms with Crippen LogP contribution >= 0.6 is 23.2 Å². The third-order valence-electron chi connectivity index (χ3n) is 2.12. The van der Waals surface area contributed by atoms with Gasteiger partial charge < -0.3 is 21.1 Å². The first-order valence-corrected chi connectivity index (χ1v) is 6.04. The van der Waals surface area contributed by atoms with Crippen LogP contribution in [0, 0.1) is 0 Å². The lowest BCUT2D eigenvalue weighted by atomic mass is 10.3. The Kier molecular flexibility index (Phi) is 6.04. The molecule has 0 saturated heterocycles. The van der Waals surface area contributed by atoms with Crippen LogP contribution in [-0.4, -0.2) is 32.7 Å². The quantitative estimate of drug-likeness (QED) is 0.551. The maximum Gasteiger partial charge on any atom is 0.239 e. The van der Waals surface area contributed by atoms with E-state index in [4.69, 9.17) is 33.7 Å². The number of hydrogen-bond donors (Lipinski definition) is 3. The van der Waals surface area contributed by atoms with Gasteiger partial charge in [-0.25, -0.2) is 0 Å². The number of carbonyl (C=O) groups is 1. The van der Waals surface area contributed by atoms with E-state index in [9.17, 15) is 4.79 Å². The number of nitrogen functional groups attached to an aromatic ring is 1. The van der Waals surface area contributed by atoms with Crippen molar-refractivity contribution in [1.82, 2.24) is 5.32 Å². The minimum absolute atomic E-state index is 0.0765. The molecule has 5 nitrogen and oxygen atoms in total. The summed E-state index contributed by atoms with van der Waals surface area (Å²) in [5, 5.41) is 6.29. The molecule has 0 aliphatic carbocycles. The Morgan fingerprint density at radius 1 is 1.39 bits per heavy atom. The second-order valence-electron chi connectivity index (χ2n) is 3.56. The second kappa shape index (κ2) is 7.31. The predicted molar refractivity (Wildman–Crippen MR) is 74.2 cm³/mol. The molecule has 7 heteroatoms. The summed E-state index contributed by atoms with van der Waals surface area (Å²) in [5.74, 6) is -0.170. The van der Waals surface area contributed by atoms with E-state index >= 15 is 0 Å². The van der Waals surface area contributed by atoms with E-state index in [2.05, 4.69) is 10.6 Å². The van der Waals surface area contributed by atoms with Crippen molar-refractivity contribution in [3.8, 4) is 0 Å². The number of carbonyl (C=O) groups excluding carboxylic acids is 1. The number of methoxy groups -OCH3 is 1. The molecule has 1 rings (SSSR count). The van der Waals surface area contributed by atoms with Gasteiger partial charge in [-0.3, -0.25) is 4.79 Å². The summed E-state index contributed by atoms with van der Waals surface area (Å²) in [6, 6.07) is 3.14. The highest BCUT2D eigenvalue weighted by Crippen LogP contribution is 2.32. The number of halogens is 2. The molecule has 1 amide bonds. The zero-order chi connectivity index (χ0) is 13.5. The van der Waals surface area contributed by atoms with Gasteiger partial charge in [-0.2, -0.15) is 0 Å². The van der Waals surface area contributed by atoms with Crippen LogP contribution < -0.4 is 16.4 Å². The molecule has 0 atom stereocenters. The van der Waals surface area contributed by atoms with Gasteiger partial charge >= 0.3 is 0 Å². The van der Waals surface area contributed by atoms with Gasteiger partial charge in [-0.15, -0.1) is 0 Å². The van der Waals surface area contributed by atoms with E-state index in [1.165, 1.54) is 0 Å². The Morgan fingerprint density at radius 3 is 2.56 bits per heavy atom. The number of amides is 1. The average molecular weight is 292 g/mol. The molecular formula is C11H15Cl2N3O2. The number of ether oxygens (including phenoxy) is 1. The SMILES string of the molecule is COCCNC(=O)CNc1c(Cl)cc(N)cc1Cl. The summed E-state index contributed by atoms with van der Waals surface area (Å²) < 4.78 is 4.82. The summed E-state index contributed by atoms with van der Waals surface area (Å²) in [4.78, 5) is 11.4. The van der Waals surface area contributed by atoms with Crippen molar-refractivity contribution in [2.45, 2.75) is 0 Å². The standard InChI is InChI=1S/C11H15Cl2N3O2/c1-18-3-2-15-10(17)6-16-11-8(12)4-7(14)5-9(11)13/h4-5,16H,2-3,6,14H2,1H3,(H,15,17). The molecule has 0 saturated carbocycles. The van der Waals surface area contributed by atoms with Gasteiger partial charge in [-0.1, -0.05) is 23.2 Å². The molecule has 0 unspecified atom stereocenters. The fourth-order valence-corrected chi connectivity index (χ4v) is 1.92. The van der Waals surface area contributed by atoms with Gasteiger partial charge in [0.25, 0.3) is 0 Å². The fraction of sp³-hybridized carbons (Fsp3) is 0.364. The first kappa shape index (κ1) is 14.9. The average Bonchev–Trinajstić information content (AvgIpc) is 2.27. The van der Waals surface area contributed by atoms with Crippen molar-refractivity contribution >= 4 is 40.5 Å². The molecule has 0 aliphatic rings. The molecule has 1 aromatic carbocycles. The van der Waals surface area contributed by atoms with Gasteiger partial charge in [0.2, 0.25) is 5.91 Å². The molecule has 0 radical (unpaired) electrons. The van der Waals surface area contributed by atoms with Crippen LogP contribution in [0.4, 0.5) is 11.4 Å². The van der Waals surface area contributed by atoms with Crippen LogP contribution in [0.15, 0.2) is 12.1 Å². The Morgan fingerprint density at radius 2 is 2.00 bits per heavy atom. The zero-order valence-corrected chi connectivity index (χ0v) is 11.4. The zero-order valence-electron chi connectivity index (χ0n) is 9.93. The lowest BCUT2D eigenvalue weighted by Gasteiger charge is -2.11. The van der Waals surface area contributed by atoms with E-state index in [1.54, 1.807) is 19.2 Å². The van der Waals surface area contributed by atoms with Crippen LogP contribution in [0.3, 0.4) is 0 Å². The van der Waals surface area contributed by atoms with E-state index in [1.807, 2.05) is 0 Å². The van der Waals surface area contributed by atoms with Gasteiger partial charge in [0, 0.05) is 19.3 Å². The molecule has 0 heterocycles. The third kappa shape index (κ3) is 4.60. The maximum absolute atomic E-state index is 11.4. The van der Waals surface area contributed by atoms with Crippen molar-refractivity contribution in [2.24, 2.45) is 0 Å². The molecule has 0 spiro atoms. The molecular weight excluding hydrogens is 277 g/mol. The molecule has 100 valence electrons. The van der Waals surface area contributed by atoms with Crippen LogP contribution in [0.2, 0.25) is 10.0 Å². The van der Waals surface area contributed by atoms with Crippen molar-refractivity contribution in [3.63, 3.8) is 0 Å². The second-order valence-corrected chi connectivity index (χ2v) is 4.37. The number of rotatable bonds is 6. The highest BCUT2D eigenvalue weighted by atomic mass is 35.5.